The number of aryl methyl sites for hydroxylation is 1. The number of ether oxygens (including phenoxy) is 1. The zero-order valence-electron chi connectivity index (χ0n) is 24.8. The van der Waals surface area contributed by atoms with E-state index in [2.05, 4.69) is 20.5 Å². The lowest BCUT2D eigenvalue weighted by atomic mass is 9.91. The topological polar surface area (TPSA) is 109 Å². The second kappa shape index (κ2) is 11.6. The number of anilines is 2. The van der Waals surface area contributed by atoms with Crippen molar-refractivity contribution in [3.63, 3.8) is 0 Å². The molecule has 42 heavy (non-hydrogen) atoms. The van der Waals surface area contributed by atoms with Crippen molar-refractivity contribution >= 4 is 17.7 Å². The van der Waals surface area contributed by atoms with Gasteiger partial charge in [-0.1, -0.05) is 12.1 Å². The lowest BCUT2D eigenvalue weighted by molar-refractivity contribution is 0.0181. The van der Waals surface area contributed by atoms with Gasteiger partial charge in [-0.3, -0.25) is 10.4 Å². The van der Waals surface area contributed by atoms with Gasteiger partial charge in [0.1, 0.15) is 22.9 Å². The van der Waals surface area contributed by atoms with Crippen LogP contribution in [-0.2, 0) is 11.2 Å². The molecular formula is C31H42N8O3. The quantitative estimate of drug-likeness (QED) is 0.491. The maximum atomic E-state index is 12.3. The van der Waals surface area contributed by atoms with Crippen molar-refractivity contribution in [2.75, 3.05) is 49.2 Å². The number of amides is 1. The lowest BCUT2D eigenvalue weighted by Crippen LogP contribution is -2.62. The van der Waals surface area contributed by atoms with E-state index in [1.54, 1.807) is 6.07 Å². The first-order valence-corrected chi connectivity index (χ1v) is 15.0. The van der Waals surface area contributed by atoms with Crippen LogP contribution in [0.1, 0.15) is 45.6 Å². The first kappa shape index (κ1) is 28.0. The van der Waals surface area contributed by atoms with Gasteiger partial charge in [-0.2, -0.15) is 0 Å². The summed E-state index contributed by atoms with van der Waals surface area (Å²) in [5.74, 6) is 2.62. The molecule has 5 heterocycles. The molecule has 11 nitrogen and oxygen atoms in total. The van der Waals surface area contributed by atoms with Crippen molar-refractivity contribution in [1.29, 1.82) is 0 Å². The Morgan fingerprint density at radius 3 is 2.60 bits per heavy atom. The highest BCUT2D eigenvalue weighted by molar-refractivity contribution is 5.68. The molecule has 4 aliphatic rings. The van der Waals surface area contributed by atoms with Crippen molar-refractivity contribution in [2.24, 2.45) is 5.92 Å². The number of phenols is 1. The van der Waals surface area contributed by atoms with Crippen LogP contribution in [0.15, 0.2) is 60.5 Å². The summed E-state index contributed by atoms with van der Waals surface area (Å²) >= 11 is 0. The Morgan fingerprint density at radius 2 is 1.86 bits per heavy atom. The maximum absolute atomic E-state index is 12.3. The first-order chi connectivity index (χ1) is 20.2. The number of aromatic hydroxyl groups is 1. The van der Waals surface area contributed by atoms with E-state index in [4.69, 9.17) is 14.7 Å². The fourth-order valence-corrected chi connectivity index (χ4v) is 6.09. The van der Waals surface area contributed by atoms with Crippen LogP contribution in [0.4, 0.5) is 16.4 Å². The van der Waals surface area contributed by atoms with Crippen molar-refractivity contribution in [3.8, 4) is 5.75 Å². The molecule has 1 amide bonds. The average molecular weight is 575 g/mol. The van der Waals surface area contributed by atoms with Crippen LogP contribution in [0, 0.1) is 5.92 Å². The highest BCUT2D eigenvalue weighted by Crippen LogP contribution is 2.31. The second-order valence-electron chi connectivity index (χ2n) is 12.6. The van der Waals surface area contributed by atoms with Gasteiger partial charge in [0.2, 0.25) is 5.95 Å². The molecule has 0 radical (unpaired) electrons. The number of likely N-dealkylation sites (tertiary alicyclic amines) is 1. The first-order valence-electron chi connectivity index (χ1n) is 15.0. The van der Waals surface area contributed by atoms with Crippen molar-refractivity contribution in [3.05, 3.63) is 66.0 Å². The normalized spacial score (nSPS) is 21.0. The summed E-state index contributed by atoms with van der Waals surface area (Å²) in [6.07, 6.45) is 11.8. The van der Waals surface area contributed by atoms with Gasteiger partial charge in [0, 0.05) is 57.9 Å². The summed E-state index contributed by atoms with van der Waals surface area (Å²) in [6, 6.07) is 7.58. The van der Waals surface area contributed by atoms with E-state index in [-0.39, 0.29) is 17.9 Å². The van der Waals surface area contributed by atoms with Crippen LogP contribution < -0.4 is 20.7 Å². The molecule has 4 aliphatic heterocycles. The Labute approximate surface area is 247 Å². The lowest BCUT2D eigenvalue weighted by Gasteiger charge is -2.48. The van der Waals surface area contributed by atoms with Gasteiger partial charge in [0.15, 0.2) is 0 Å². The minimum Gasteiger partial charge on any atom is -0.506 e. The van der Waals surface area contributed by atoms with Crippen molar-refractivity contribution in [2.45, 2.75) is 58.1 Å². The fourth-order valence-electron chi connectivity index (χ4n) is 6.09. The summed E-state index contributed by atoms with van der Waals surface area (Å²) in [5.41, 5.74) is 5.95. The number of hydrogen-bond acceptors (Lipinski definition) is 10. The fraction of sp³-hybridized carbons (Fsp3) is 0.516. The summed E-state index contributed by atoms with van der Waals surface area (Å²) in [5, 5.41) is 15.7. The zero-order chi connectivity index (χ0) is 29.3. The van der Waals surface area contributed by atoms with Crippen molar-refractivity contribution in [1.82, 2.24) is 30.5 Å². The van der Waals surface area contributed by atoms with Crippen LogP contribution in [-0.4, -0.2) is 81.9 Å². The number of piperazine rings is 1. The second-order valence-corrected chi connectivity index (χ2v) is 12.6. The van der Waals surface area contributed by atoms with Crippen LogP contribution in [0.25, 0.3) is 0 Å². The highest BCUT2D eigenvalue weighted by Gasteiger charge is 2.35. The number of phenolic OH excluding ortho intramolecular Hbond substituents is 1. The molecule has 0 bridgehead atoms. The van der Waals surface area contributed by atoms with Gasteiger partial charge in [-0.05, 0) is 76.1 Å². The molecule has 6 rings (SSSR count). The molecule has 0 spiro atoms. The molecule has 1 aromatic heterocycles. The Hall–Kier alpha value is -4.15. The number of para-hydroxylation sites is 2. The summed E-state index contributed by atoms with van der Waals surface area (Å²) < 4.78 is 5.52. The average Bonchev–Trinajstić information content (AvgIpc) is 2.99. The molecule has 2 aromatic rings. The van der Waals surface area contributed by atoms with Gasteiger partial charge >= 0.3 is 6.09 Å². The smallest absolute Gasteiger partial charge is 0.410 e. The predicted molar refractivity (Wildman–Crippen MR) is 161 cm³/mol. The number of nitrogens with one attached hydrogen (secondary N) is 2. The monoisotopic (exact) mass is 574 g/mol. The summed E-state index contributed by atoms with van der Waals surface area (Å²) in [4.78, 5) is 28.3. The van der Waals surface area contributed by atoms with Gasteiger partial charge < -0.3 is 29.9 Å². The molecule has 0 saturated carbocycles. The van der Waals surface area contributed by atoms with E-state index < -0.39 is 5.60 Å². The number of hydrazine groups is 1. The molecule has 1 aromatic carbocycles. The summed E-state index contributed by atoms with van der Waals surface area (Å²) in [6.45, 7) is 10.6. The number of rotatable bonds is 5. The van der Waals surface area contributed by atoms with Crippen molar-refractivity contribution < 1.29 is 14.6 Å². The molecule has 2 fully saturated rings. The Morgan fingerprint density at radius 1 is 1.10 bits per heavy atom. The van der Waals surface area contributed by atoms with E-state index >= 15 is 0 Å². The molecular weight excluding hydrogens is 532 g/mol. The number of aromatic nitrogens is 2. The number of nitrogens with zero attached hydrogens (tertiary/aromatic N) is 6. The van der Waals surface area contributed by atoms with Crippen LogP contribution in [0.3, 0.4) is 0 Å². The molecule has 11 heteroatoms. The number of carbonyl (C=O) groups is 1. The minimum atomic E-state index is -0.456. The summed E-state index contributed by atoms with van der Waals surface area (Å²) in [7, 11) is 0. The number of benzene rings is 1. The number of piperidine rings is 1. The Balaban J connectivity index is 0.991. The molecule has 0 unspecified atom stereocenters. The van der Waals surface area contributed by atoms with Gasteiger partial charge in [0.25, 0.3) is 0 Å². The Bertz CT molecular complexity index is 1330. The molecule has 3 N–H and O–H groups in total. The van der Waals surface area contributed by atoms with Gasteiger partial charge in [-0.25, -0.2) is 14.8 Å². The SMILES string of the molecule is CC(C)(C)OC(=O)N1CCC(CCc2cnc(N3CCN4C5=C(C=CN(c6ccccc6O)N5)NC[C@@H]4C3)nc2)CC1. The highest BCUT2D eigenvalue weighted by atomic mass is 16.6. The van der Waals surface area contributed by atoms with Crippen LogP contribution in [0.2, 0.25) is 0 Å². The molecule has 1 atom stereocenters. The third-order valence-corrected chi connectivity index (χ3v) is 8.39. The van der Waals surface area contributed by atoms with E-state index in [1.807, 2.05) is 73.5 Å². The number of carbonyl (C=O) groups excluding carboxylic acids is 1. The standard InChI is InChI=1S/C31H42N8O3/c1-31(2,3)42-30(41)36-13-10-22(11-14-36)8-9-23-18-33-29(34-19-23)37-16-17-38-24(21-37)20-32-25-12-15-39(35-28(25)38)26-6-4-5-7-27(26)40/h4-7,12,15,18-19,22,24,32,35,40H,8-11,13-14,16-17,20-21H2,1-3H3/t24-/m1/s1. The van der Waals surface area contributed by atoms with Crippen LogP contribution in [0.5, 0.6) is 5.75 Å². The van der Waals surface area contributed by atoms with Crippen LogP contribution >= 0.6 is 0 Å². The third kappa shape index (κ3) is 6.19. The third-order valence-electron chi connectivity index (χ3n) is 8.39. The predicted octanol–water partition coefficient (Wildman–Crippen LogP) is 3.56. The molecule has 2 saturated heterocycles. The van der Waals surface area contributed by atoms with Gasteiger partial charge in [0.05, 0.1) is 11.7 Å². The van der Waals surface area contributed by atoms with E-state index in [9.17, 15) is 9.90 Å². The minimum absolute atomic E-state index is 0.201. The zero-order valence-corrected chi connectivity index (χ0v) is 24.8. The largest absolute Gasteiger partial charge is 0.506 e. The van der Waals surface area contributed by atoms with Gasteiger partial charge in [-0.15, -0.1) is 0 Å². The molecule has 224 valence electrons. The maximum Gasteiger partial charge on any atom is 0.410 e. The number of fused-ring (bicyclic) bond motifs is 2. The number of hydrogen-bond donors (Lipinski definition) is 3. The Kier molecular flexibility index (Phi) is 7.74. The van der Waals surface area contributed by atoms with E-state index in [1.165, 1.54) is 0 Å². The molecule has 0 aliphatic carbocycles. The number of allylic oxidation sites excluding steroid dienone is 1. The van der Waals surface area contributed by atoms with E-state index in [0.717, 1.165) is 88.0 Å². The van der Waals surface area contributed by atoms with E-state index in [0.29, 0.717) is 11.6 Å².